The normalized spacial score (nSPS) is 24.3. The number of hydrogen-bond acceptors (Lipinski definition) is 0. The van der Waals surface area contributed by atoms with E-state index in [4.69, 9.17) is 4.67 Å². The molecule has 2 aliphatic carbocycles. The summed E-state index contributed by atoms with van der Waals surface area (Å²) in [5, 5.41) is 0. The summed E-state index contributed by atoms with van der Waals surface area (Å²) < 4.78 is 4.83. The van der Waals surface area contributed by atoms with Crippen molar-refractivity contribution in [2.75, 3.05) is 0 Å². The zero-order valence-electron chi connectivity index (χ0n) is 8.52. The first-order valence-electron chi connectivity index (χ1n) is 5.86. The van der Waals surface area contributed by atoms with E-state index < -0.39 is 0 Å². The fourth-order valence-corrected chi connectivity index (χ4v) is 2.37. The summed E-state index contributed by atoms with van der Waals surface area (Å²) in [4.78, 5) is 0. The minimum absolute atomic E-state index is 1.28. The topological polar surface area (TPSA) is 14.1 Å². The monoisotopic (exact) mass is 178 g/mol. The van der Waals surface area contributed by atoms with E-state index in [2.05, 4.69) is 0 Å². The van der Waals surface area contributed by atoms with Gasteiger partial charge in [-0.15, -0.1) is 4.67 Å². The van der Waals surface area contributed by atoms with Crippen LogP contribution in [0.5, 0.6) is 0 Å². The fraction of sp³-hybridized carbons (Fsp3) is 0.833. The Morgan fingerprint density at radius 1 is 0.538 bits per heavy atom. The zero-order valence-corrected chi connectivity index (χ0v) is 8.52. The molecule has 72 valence electrons. The van der Waals surface area contributed by atoms with Crippen molar-refractivity contribution >= 4 is 11.4 Å². The Morgan fingerprint density at radius 2 is 0.923 bits per heavy atom. The van der Waals surface area contributed by atoms with Gasteiger partial charge in [0, 0.05) is 25.7 Å². The Balaban J connectivity index is 2.04. The first-order valence-corrected chi connectivity index (χ1v) is 5.86. The van der Waals surface area contributed by atoms with Crippen LogP contribution in [0.2, 0.25) is 0 Å². The molecule has 0 spiro atoms. The van der Waals surface area contributed by atoms with E-state index in [1.807, 2.05) is 0 Å². The van der Waals surface area contributed by atoms with E-state index in [9.17, 15) is 0 Å². The molecule has 0 aromatic rings. The molecule has 2 fully saturated rings. The average molecular weight is 178 g/mol. The van der Waals surface area contributed by atoms with E-state index >= 15 is 0 Å². The average Bonchev–Trinajstić information content (AvgIpc) is 2.21. The van der Waals surface area contributed by atoms with E-state index in [-0.39, 0.29) is 0 Å². The van der Waals surface area contributed by atoms with Crippen LogP contribution < -0.4 is 4.67 Å². The third kappa shape index (κ3) is 2.70. The predicted octanol–water partition coefficient (Wildman–Crippen LogP) is 2.86. The van der Waals surface area contributed by atoms with Crippen molar-refractivity contribution in [3.05, 3.63) is 0 Å². The molecule has 0 aromatic carbocycles. The molecule has 2 rings (SSSR count). The summed E-state index contributed by atoms with van der Waals surface area (Å²) in [5.41, 5.74) is 3.01. The van der Waals surface area contributed by atoms with Crippen LogP contribution in [0, 0.1) is 0 Å². The van der Waals surface area contributed by atoms with E-state index in [0.29, 0.717) is 0 Å². The maximum absolute atomic E-state index is 4.83. The van der Waals surface area contributed by atoms with Crippen LogP contribution in [-0.2, 0) is 0 Å². The van der Waals surface area contributed by atoms with Gasteiger partial charge in [0.1, 0.15) is 0 Å². The molecule has 0 unspecified atom stereocenters. The van der Waals surface area contributed by atoms with Crippen LogP contribution in [0.25, 0.3) is 0 Å². The highest BCUT2D eigenvalue weighted by Gasteiger charge is 2.18. The summed E-state index contributed by atoms with van der Waals surface area (Å²) in [6.07, 6.45) is 13.5. The van der Waals surface area contributed by atoms with Crippen LogP contribution >= 0.6 is 0 Å². The van der Waals surface area contributed by atoms with Crippen LogP contribution in [0.4, 0.5) is 0 Å². The Kier molecular flexibility index (Phi) is 3.21. The highest BCUT2D eigenvalue weighted by Crippen LogP contribution is 2.15. The molecule has 0 heterocycles. The minimum Gasteiger partial charge on any atom is -0.104 e. The molecule has 0 bridgehead atoms. The fourth-order valence-electron chi connectivity index (χ4n) is 2.37. The lowest BCUT2D eigenvalue weighted by molar-refractivity contribution is 0.656. The Hall–Kier alpha value is -0.550. The van der Waals surface area contributed by atoms with Crippen molar-refractivity contribution in [1.29, 1.82) is 0 Å². The molecule has 0 aliphatic heterocycles. The highest BCUT2D eigenvalue weighted by atomic mass is 14.6. The minimum atomic E-state index is 1.28. The molecule has 0 atom stereocenters. The maximum Gasteiger partial charge on any atom is 0.280 e. The molecule has 2 aliphatic rings. The second kappa shape index (κ2) is 4.62. The van der Waals surface area contributed by atoms with Crippen molar-refractivity contribution in [2.45, 2.75) is 64.2 Å². The molecule has 1 heteroatoms. The summed E-state index contributed by atoms with van der Waals surface area (Å²) in [6.45, 7) is 0. The van der Waals surface area contributed by atoms with E-state index in [0.717, 1.165) is 0 Å². The van der Waals surface area contributed by atoms with Gasteiger partial charge in [-0.05, 0) is 25.7 Å². The lowest BCUT2D eigenvalue weighted by atomic mass is 9.97. The van der Waals surface area contributed by atoms with Gasteiger partial charge in [0.05, 0.1) is 0 Å². The van der Waals surface area contributed by atoms with E-state index in [1.54, 1.807) is 0 Å². The van der Waals surface area contributed by atoms with Gasteiger partial charge < -0.3 is 0 Å². The van der Waals surface area contributed by atoms with Gasteiger partial charge in [-0.25, -0.2) is 0 Å². The predicted molar refractivity (Wildman–Crippen MR) is 58.3 cm³/mol. The number of hydrogen-bond donors (Lipinski definition) is 0. The molecule has 0 amide bonds. The molecular formula is C12H20N+. The summed E-state index contributed by atoms with van der Waals surface area (Å²) in [7, 11) is 0. The van der Waals surface area contributed by atoms with Crippen LogP contribution in [0.1, 0.15) is 64.2 Å². The Morgan fingerprint density at radius 3 is 1.31 bits per heavy atom. The van der Waals surface area contributed by atoms with Crippen molar-refractivity contribution in [3.63, 3.8) is 0 Å². The largest absolute Gasteiger partial charge is 0.280 e. The molecule has 1 nitrogen and oxygen atoms in total. The van der Waals surface area contributed by atoms with Gasteiger partial charge in [0.15, 0.2) is 0 Å². The van der Waals surface area contributed by atoms with Gasteiger partial charge >= 0.3 is 0 Å². The lowest BCUT2D eigenvalue weighted by Gasteiger charge is -2.05. The third-order valence-electron chi connectivity index (χ3n) is 3.18. The summed E-state index contributed by atoms with van der Waals surface area (Å²) in [6, 6.07) is 0. The van der Waals surface area contributed by atoms with Gasteiger partial charge in [-0.1, -0.05) is 12.8 Å². The first-order chi connectivity index (χ1) is 6.45. The van der Waals surface area contributed by atoms with Crippen molar-refractivity contribution < 1.29 is 0 Å². The lowest BCUT2D eigenvalue weighted by Crippen LogP contribution is -2.14. The summed E-state index contributed by atoms with van der Waals surface area (Å²) in [5.74, 6) is 0. The Labute approximate surface area is 81.0 Å². The standard InChI is InChI=1S/C12H20N/c1-3-7-11(8-4-1)13-12-9-5-2-6-10-12/h1-10H2/q+1. The SMILES string of the molecule is C1CCC(=[N+]=C2CCCCC2)CC1. The zero-order chi connectivity index (χ0) is 8.93. The third-order valence-corrected chi connectivity index (χ3v) is 3.18. The van der Waals surface area contributed by atoms with Gasteiger partial charge in [0.25, 0.3) is 11.4 Å². The second-order valence-electron chi connectivity index (χ2n) is 4.37. The quantitative estimate of drug-likeness (QED) is 0.506. The molecule has 0 N–H and O–H groups in total. The van der Waals surface area contributed by atoms with Gasteiger partial charge in [0.2, 0.25) is 0 Å². The molecule has 2 saturated carbocycles. The molecule has 0 aromatic heterocycles. The van der Waals surface area contributed by atoms with Crippen LogP contribution in [0.3, 0.4) is 0 Å². The number of nitrogens with zero attached hydrogens (tertiary/aromatic N) is 1. The highest BCUT2D eigenvalue weighted by molar-refractivity contribution is 5.93. The molecule has 0 radical (unpaired) electrons. The first kappa shape index (κ1) is 9.02. The van der Waals surface area contributed by atoms with Gasteiger partial charge in [-0.3, -0.25) is 0 Å². The summed E-state index contributed by atoms with van der Waals surface area (Å²) >= 11 is 0. The van der Waals surface area contributed by atoms with E-state index in [1.165, 1.54) is 75.6 Å². The smallest absolute Gasteiger partial charge is 0.104 e. The van der Waals surface area contributed by atoms with Crippen LogP contribution in [-0.4, -0.2) is 11.4 Å². The second-order valence-corrected chi connectivity index (χ2v) is 4.37. The number of rotatable bonds is 0. The van der Waals surface area contributed by atoms with Crippen molar-refractivity contribution in [1.82, 2.24) is 4.67 Å². The van der Waals surface area contributed by atoms with Crippen molar-refractivity contribution in [2.24, 2.45) is 0 Å². The molecular weight excluding hydrogens is 158 g/mol. The van der Waals surface area contributed by atoms with Crippen molar-refractivity contribution in [3.8, 4) is 0 Å². The maximum atomic E-state index is 4.83. The van der Waals surface area contributed by atoms with Crippen LogP contribution in [0.15, 0.2) is 0 Å². The Bertz CT molecular complexity index is 196. The molecule has 13 heavy (non-hydrogen) atoms. The molecule has 0 saturated heterocycles. The van der Waals surface area contributed by atoms with Gasteiger partial charge in [-0.2, -0.15) is 0 Å².